The van der Waals surface area contributed by atoms with Gasteiger partial charge in [-0.1, -0.05) is 18.2 Å². The summed E-state index contributed by atoms with van der Waals surface area (Å²) in [5.41, 5.74) is 7.89. The number of anilines is 1. The van der Waals surface area contributed by atoms with Gasteiger partial charge in [-0.3, -0.25) is 0 Å². The lowest BCUT2D eigenvalue weighted by atomic mass is 10.1. The number of para-hydroxylation sites is 1. The SMILES string of the molecule is Cc1cc(COc2ccccc2)c2c(N)c(C(=O)O)sc2n1. The molecule has 0 bridgehead atoms. The topological polar surface area (TPSA) is 85.4 Å². The Morgan fingerprint density at radius 1 is 1.36 bits per heavy atom. The molecular weight excluding hydrogens is 300 g/mol. The van der Waals surface area contributed by atoms with Gasteiger partial charge in [-0.2, -0.15) is 0 Å². The standard InChI is InChI=1S/C16H14N2O3S/c1-9-7-10(8-21-11-5-3-2-4-6-11)12-13(17)14(16(19)20)22-15(12)18-9/h2-7H,8,17H2,1H3,(H,19,20). The molecule has 0 atom stereocenters. The fourth-order valence-corrected chi connectivity index (χ4v) is 3.31. The van der Waals surface area contributed by atoms with Gasteiger partial charge in [-0.05, 0) is 25.1 Å². The number of benzene rings is 1. The number of pyridine rings is 1. The quantitative estimate of drug-likeness (QED) is 0.770. The summed E-state index contributed by atoms with van der Waals surface area (Å²) in [6.45, 7) is 2.17. The second kappa shape index (κ2) is 5.65. The van der Waals surface area contributed by atoms with Crippen molar-refractivity contribution < 1.29 is 14.6 Å². The van der Waals surface area contributed by atoms with Gasteiger partial charge in [0, 0.05) is 16.6 Å². The Labute approximate surface area is 131 Å². The molecule has 0 saturated heterocycles. The third kappa shape index (κ3) is 2.60. The van der Waals surface area contributed by atoms with Crippen LogP contribution in [0.4, 0.5) is 5.69 Å². The van der Waals surface area contributed by atoms with E-state index < -0.39 is 5.97 Å². The third-order valence-electron chi connectivity index (χ3n) is 3.24. The molecule has 5 nitrogen and oxygen atoms in total. The van der Waals surface area contributed by atoms with E-state index in [0.717, 1.165) is 28.3 Å². The first-order valence-electron chi connectivity index (χ1n) is 6.66. The number of carboxylic acids is 1. The highest BCUT2D eigenvalue weighted by Gasteiger charge is 2.19. The van der Waals surface area contributed by atoms with Gasteiger partial charge in [-0.25, -0.2) is 9.78 Å². The van der Waals surface area contributed by atoms with Crippen LogP contribution < -0.4 is 10.5 Å². The van der Waals surface area contributed by atoms with Crippen molar-refractivity contribution in [2.75, 3.05) is 5.73 Å². The van der Waals surface area contributed by atoms with Gasteiger partial charge >= 0.3 is 5.97 Å². The minimum atomic E-state index is -1.03. The van der Waals surface area contributed by atoms with Crippen molar-refractivity contribution in [3.8, 4) is 5.75 Å². The first-order valence-corrected chi connectivity index (χ1v) is 7.47. The van der Waals surface area contributed by atoms with E-state index in [-0.39, 0.29) is 10.6 Å². The van der Waals surface area contributed by atoms with Crippen molar-refractivity contribution in [1.82, 2.24) is 4.98 Å². The number of aromatic nitrogens is 1. The molecule has 0 radical (unpaired) electrons. The van der Waals surface area contributed by atoms with Crippen molar-refractivity contribution in [2.24, 2.45) is 0 Å². The Bertz CT molecular complexity index is 843. The lowest BCUT2D eigenvalue weighted by molar-refractivity contribution is 0.0703. The van der Waals surface area contributed by atoms with Crippen molar-refractivity contribution in [2.45, 2.75) is 13.5 Å². The van der Waals surface area contributed by atoms with Crippen molar-refractivity contribution >= 4 is 33.2 Å². The molecule has 0 aliphatic carbocycles. The molecule has 0 unspecified atom stereocenters. The maximum atomic E-state index is 11.2. The largest absolute Gasteiger partial charge is 0.489 e. The minimum Gasteiger partial charge on any atom is -0.489 e. The number of hydrogen-bond donors (Lipinski definition) is 2. The second-order valence-electron chi connectivity index (χ2n) is 4.85. The highest BCUT2D eigenvalue weighted by Crippen LogP contribution is 2.35. The van der Waals surface area contributed by atoms with Gasteiger partial charge < -0.3 is 15.6 Å². The molecule has 0 aliphatic rings. The zero-order chi connectivity index (χ0) is 15.7. The van der Waals surface area contributed by atoms with E-state index in [1.807, 2.05) is 43.3 Å². The number of carbonyl (C=O) groups is 1. The summed E-state index contributed by atoms with van der Waals surface area (Å²) < 4.78 is 5.75. The van der Waals surface area contributed by atoms with Gasteiger partial charge in [0.25, 0.3) is 0 Å². The van der Waals surface area contributed by atoms with Crippen LogP contribution in [-0.2, 0) is 6.61 Å². The first kappa shape index (κ1) is 14.3. The van der Waals surface area contributed by atoms with E-state index in [4.69, 9.17) is 10.5 Å². The third-order valence-corrected chi connectivity index (χ3v) is 4.33. The fourth-order valence-electron chi connectivity index (χ4n) is 2.29. The summed E-state index contributed by atoms with van der Waals surface area (Å²) >= 11 is 1.09. The fraction of sp³-hybridized carbons (Fsp3) is 0.125. The Morgan fingerprint density at radius 2 is 2.09 bits per heavy atom. The van der Waals surface area contributed by atoms with E-state index in [0.29, 0.717) is 16.8 Å². The maximum absolute atomic E-state index is 11.2. The lowest BCUT2D eigenvalue weighted by Gasteiger charge is -2.08. The predicted molar refractivity (Wildman–Crippen MR) is 86.5 cm³/mol. The molecule has 112 valence electrons. The van der Waals surface area contributed by atoms with Crippen LogP contribution in [0.2, 0.25) is 0 Å². The minimum absolute atomic E-state index is 0.120. The van der Waals surface area contributed by atoms with Crippen LogP contribution in [-0.4, -0.2) is 16.1 Å². The molecule has 1 aromatic carbocycles. The van der Waals surface area contributed by atoms with Gasteiger partial charge in [0.15, 0.2) is 0 Å². The van der Waals surface area contributed by atoms with E-state index in [1.165, 1.54) is 0 Å². The molecule has 0 amide bonds. The summed E-state index contributed by atoms with van der Waals surface area (Å²) in [5, 5.41) is 9.88. The molecule has 3 rings (SSSR count). The lowest BCUT2D eigenvalue weighted by Crippen LogP contribution is -2.01. The average Bonchev–Trinajstić information content (AvgIpc) is 2.83. The molecule has 22 heavy (non-hydrogen) atoms. The van der Waals surface area contributed by atoms with Crippen LogP contribution in [0.15, 0.2) is 36.4 Å². The number of hydrogen-bond acceptors (Lipinski definition) is 5. The normalized spacial score (nSPS) is 10.8. The molecular formula is C16H14N2O3S. The Hall–Kier alpha value is -2.60. The zero-order valence-corrected chi connectivity index (χ0v) is 12.7. The number of aromatic carboxylic acids is 1. The first-order chi connectivity index (χ1) is 10.6. The molecule has 6 heteroatoms. The van der Waals surface area contributed by atoms with E-state index in [9.17, 15) is 9.90 Å². The van der Waals surface area contributed by atoms with Gasteiger partial charge in [0.1, 0.15) is 22.1 Å². The Morgan fingerprint density at radius 3 is 2.77 bits per heavy atom. The second-order valence-corrected chi connectivity index (χ2v) is 5.85. The highest BCUT2D eigenvalue weighted by molar-refractivity contribution is 7.21. The molecule has 3 aromatic rings. The summed E-state index contributed by atoms with van der Waals surface area (Å²) in [5.74, 6) is -0.287. The van der Waals surface area contributed by atoms with E-state index >= 15 is 0 Å². The monoisotopic (exact) mass is 314 g/mol. The zero-order valence-electron chi connectivity index (χ0n) is 11.9. The number of carboxylic acid groups (broad SMARTS) is 1. The molecule has 0 fully saturated rings. The van der Waals surface area contributed by atoms with Crippen LogP contribution in [0.1, 0.15) is 20.9 Å². The van der Waals surface area contributed by atoms with Crippen LogP contribution >= 0.6 is 11.3 Å². The van der Waals surface area contributed by atoms with E-state index in [1.54, 1.807) is 0 Å². The number of thiophene rings is 1. The van der Waals surface area contributed by atoms with Crippen LogP contribution in [0.5, 0.6) is 5.75 Å². The Balaban J connectivity index is 2.03. The molecule has 2 aromatic heterocycles. The van der Waals surface area contributed by atoms with Crippen LogP contribution in [0.25, 0.3) is 10.2 Å². The Kier molecular flexibility index (Phi) is 3.68. The van der Waals surface area contributed by atoms with E-state index in [2.05, 4.69) is 4.98 Å². The maximum Gasteiger partial charge on any atom is 0.348 e. The summed E-state index contributed by atoms with van der Waals surface area (Å²) in [4.78, 5) is 16.4. The summed E-state index contributed by atoms with van der Waals surface area (Å²) in [6, 6.07) is 11.3. The predicted octanol–water partition coefficient (Wildman–Crippen LogP) is 3.46. The number of nitrogens with two attached hydrogens (primary N) is 1. The van der Waals surface area contributed by atoms with Gasteiger partial charge in [0.05, 0.1) is 5.69 Å². The van der Waals surface area contributed by atoms with Crippen molar-refractivity contribution in [1.29, 1.82) is 0 Å². The number of fused-ring (bicyclic) bond motifs is 1. The van der Waals surface area contributed by atoms with Crippen LogP contribution in [0.3, 0.4) is 0 Å². The number of ether oxygens (including phenoxy) is 1. The average molecular weight is 314 g/mol. The number of nitrogen functional groups attached to an aromatic ring is 1. The molecule has 0 aliphatic heterocycles. The van der Waals surface area contributed by atoms with Crippen LogP contribution in [0, 0.1) is 6.92 Å². The number of nitrogens with zero attached hydrogens (tertiary/aromatic N) is 1. The molecule has 0 saturated carbocycles. The summed E-state index contributed by atoms with van der Waals surface area (Å²) in [6.07, 6.45) is 0. The number of aryl methyl sites for hydroxylation is 1. The van der Waals surface area contributed by atoms with Gasteiger partial charge in [-0.15, -0.1) is 11.3 Å². The smallest absolute Gasteiger partial charge is 0.348 e. The molecule has 3 N–H and O–H groups in total. The number of rotatable bonds is 4. The summed E-state index contributed by atoms with van der Waals surface area (Å²) in [7, 11) is 0. The highest BCUT2D eigenvalue weighted by atomic mass is 32.1. The molecule has 0 spiro atoms. The molecule has 2 heterocycles. The van der Waals surface area contributed by atoms with Crippen molar-refractivity contribution in [3.05, 3.63) is 52.5 Å². The van der Waals surface area contributed by atoms with Gasteiger partial charge in [0.2, 0.25) is 0 Å². The van der Waals surface area contributed by atoms with Crippen molar-refractivity contribution in [3.63, 3.8) is 0 Å².